The molecule has 0 saturated carbocycles. The predicted octanol–water partition coefficient (Wildman–Crippen LogP) is 5.13. The van der Waals surface area contributed by atoms with Crippen LogP contribution in [-0.4, -0.2) is 68.1 Å². The number of aryl methyl sites for hydroxylation is 1. The summed E-state index contributed by atoms with van der Waals surface area (Å²) in [6, 6.07) is 2.36. The number of nitriles is 1. The van der Waals surface area contributed by atoms with Crippen molar-refractivity contribution in [1.29, 1.82) is 5.26 Å². The van der Waals surface area contributed by atoms with Gasteiger partial charge >= 0.3 is 5.69 Å². The van der Waals surface area contributed by atoms with E-state index >= 15 is 0 Å². The Bertz CT molecular complexity index is 1960. The molecule has 12 nitrogen and oxygen atoms in total. The molecule has 0 aromatic carbocycles. The minimum Gasteiger partial charge on any atom is -0.471 e. The summed E-state index contributed by atoms with van der Waals surface area (Å²) < 4.78 is 22.3. The van der Waals surface area contributed by atoms with Crippen LogP contribution in [0.5, 0.6) is 5.88 Å². The number of nitrogens with two attached hydrogens (primary N) is 1. The Balaban J connectivity index is 1.33. The number of anilines is 1. The van der Waals surface area contributed by atoms with Crippen molar-refractivity contribution in [2.75, 3.05) is 32.5 Å². The summed E-state index contributed by atoms with van der Waals surface area (Å²) >= 11 is 1.53. The van der Waals surface area contributed by atoms with E-state index in [0.717, 1.165) is 81.2 Å². The van der Waals surface area contributed by atoms with Crippen LogP contribution in [0.1, 0.15) is 105 Å². The molecule has 248 valence electrons. The van der Waals surface area contributed by atoms with Crippen LogP contribution in [0.25, 0.3) is 22.7 Å². The van der Waals surface area contributed by atoms with Gasteiger partial charge < -0.3 is 19.7 Å². The van der Waals surface area contributed by atoms with E-state index in [0.29, 0.717) is 52.4 Å². The lowest BCUT2D eigenvalue weighted by Gasteiger charge is -2.39. The summed E-state index contributed by atoms with van der Waals surface area (Å²) in [5.41, 5.74) is 10.4. The topological polar surface area (TPSA) is 150 Å². The van der Waals surface area contributed by atoms with Gasteiger partial charge in [0.1, 0.15) is 17.2 Å². The minimum atomic E-state index is -0.433. The van der Waals surface area contributed by atoms with E-state index in [1.807, 2.05) is 13.8 Å². The molecule has 0 unspecified atom stereocenters. The van der Waals surface area contributed by atoms with Gasteiger partial charge in [0.25, 0.3) is 0 Å². The first-order valence-corrected chi connectivity index (χ1v) is 17.8. The average Bonchev–Trinajstić information content (AvgIpc) is 3.87. The third kappa shape index (κ3) is 4.59. The molecule has 2 N–H and O–H groups in total. The number of likely N-dealkylation sites (tertiary alicyclic amines) is 1. The van der Waals surface area contributed by atoms with Crippen molar-refractivity contribution in [3.63, 3.8) is 0 Å². The Morgan fingerprint density at radius 1 is 1.15 bits per heavy atom. The largest absolute Gasteiger partial charge is 0.471 e. The SMILES string of the molecule is CC(C)n1c(=O)n([C@@H]2CCOC2)c2nc(-c3onc4c3CCC[C@@]43CCCc4sc(N)c(C#N)c43)nc(O[C@@H](C)[C@@H]3CCCN3C)c21. The third-order valence-electron chi connectivity index (χ3n) is 11.0. The lowest BCUT2D eigenvalue weighted by atomic mass is 9.62. The molecule has 47 heavy (non-hydrogen) atoms. The van der Waals surface area contributed by atoms with Crippen molar-refractivity contribution in [2.24, 2.45) is 0 Å². The molecular weight excluding hydrogens is 616 g/mol. The first-order valence-electron chi connectivity index (χ1n) is 17.0. The maximum atomic E-state index is 14.1. The van der Waals surface area contributed by atoms with Crippen molar-refractivity contribution in [1.82, 2.24) is 29.2 Å². The van der Waals surface area contributed by atoms with Gasteiger partial charge in [-0.25, -0.2) is 9.78 Å². The smallest absolute Gasteiger partial charge is 0.331 e. The van der Waals surface area contributed by atoms with Crippen LogP contribution in [-0.2, 0) is 23.0 Å². The van der Waals surface area contributed by atoms with Crippen LogP contribution < -0.4 is 16.2 Å². The van der Waals surface area contributed by atoms with Gasteiger partial charge in [-0.3, -0.25) is 14.0 Å². The molecule has 1 spiro atoms. The summed E-state index contributed by atoms with van der Waals surface area (Å²) in [5, 5.41) is 15.5. The van der Waals surface area contributed by atoms with Crippen LogP contribution in [0.2, 0.25) is 0 Å². The quantitative estimate of drug-likeness (QED) is 0.296. The molecule has 0 radical (unpaired) electrons. The first-order chi connectivity index (χ1) is 22.7. The molecule has 4 aliphatic rings. The number of nitrogen functional groups attached to an aromatic ring is 1. The number of nitrogens with zero attached hydrogens (tertiary/aromatic N) is 7. The highest BCUT2D eigenvalue weighted by Crippen LogP contribution is 2.54. The van der Waals surface area contributed by atoms with E-state index in [1.54, 1.807) is 9.13 Å². The molecule has 4 atom stereocenters. The second-order valence-corrected chi connectivity index (χ2v) is 15.2. The van der Waals surface area contributed by atoms with Gasteiger partial charge in [-0.15, -0.1) is 11.3 Å². The van der Waals surface area contributed by atoms with E-state index in [-0.39, 0.29) is 29.9 Å². The van der Waals surface area contributed by atoms with E-state index in [9.17, 15) is 10.1 Å². The van der Waals surface area contributed by atoms with Gasteiger partial charge in [0.2, 0.25) is 17.5 Å². The van der Waals surface area contributed by atoms with Crippen LogP contribution in [0.4, 0.5) is 5.00 Å². The van der Waals surface area contributed by atoms with Crippen LogP contribution >= 0.6 is 11.3 Å². The number of hydrogen-bond donors (Lipinski definition) is 1. The van der Waals surface area contributed by atoms with Gasteiger partial charge in [0.05, 0.1) is 23.9 Å². The molecule has 0 amide bonds. The Labute approximate surface area is 277 Å². The minimum absolute atomic E-state index is 0.138. The number of hydrogen-bond acceptors (Lipinski definition) is 11. The van der Waals surface area contributed by atoms with Crippen molar-refractivity contribution in [3.05, 3.63) is 37.7 Å². The number of likely N-dealkylation sites (N-methyl/N-ethyl adjacent to an activating group) is 1. The lowest BCUT2D eigenvalue weighted by molar-refractivity contribution is 0.118. The Morgan fingerprint density at radius 3 is 2.66 bits per heavy atom. The zero-order chi connectivity index (χ0) is 32.6. The molecule has 0 bridgehead atoms. The van der Waals surface area contributed by atoms with Gasteiger partial charge in [0, 0.05) is 34.5 Å². The first kappa shape index (κ1) is 30.6. The molecule has 2 fully saturated rings. The summed E-state index contributed by atoms with van der Waals surface area (Å²) in [6.07, 6.45) is 8.04. The Hall–Kier alpha value is -3.73. The fraction of sp³-hybridized carbons (Fsp3) is 0.618. The van der Waals surface area contributed by atoms with Gasteiger partial charge in [-0.1, -0.05) is 5.16 Å². The zero-order valence-corrected chi connectivity index (χ0v) is 28.4. The van der Waals surface area contributed by atoms with Crippen LogP contribution in [0, 0.1) is 11.3 Å². The highest BCUT2D eigenvalue weighted by Gasteiger charge is 2.48. The molecule has 4 aromatic rings. The average molecular weight is 659 g/mol. The number of fused-ring (bicyclic) bond motifs is 5. The Morgan fingerprint density at radius 2 is 1.96 bits per heavy atom. The normalized spacial score (nSPS) is 25.0. The molecule has 13 heteroatoms. The second-order valence-electron chi connectivity index (χ2n) is 14.1. The maximum absolute atomic E-state index is 14.1. The van der Waals surface area contributed by atoms with Gasteiger partial charge in [-0.05, 0) is 97.7 Å². The summed E-state index contributed by atoms with van der Waals surface area (Å²) in [5.74, 6) is 1.25. The number of ether oxygens (including phenoxy) is 2. The highest BCUT2D eigenvalue weighted by molar-refractivity contribution is 7.16. The van der Waals surface area contributed by atoms with Crippen molar-refractivity contribution in [3.8, 4) is 23.5 Å². The molecule has 2 saturated heterocycles. The van der Waals surface area contributed by atoms with Crippen molar-refractivity contribution < 1.29 is 14.0 Å². The summed E-state index contributed by atoms with van der Waals surface area (Å²) in [7, 11) is 2.13. The maximum Gasteiger partial charge on any atom is 0.331 e. The number of aromatic nitrogens is 5. The van der Waals surface area contributed by atoms with Crippen molar-refractivity contribution >= 4 is 27.5 Å². The summed E-state index contributed by atoms with van der Waals surface area (Å²) in [6.45, 7) is 8.15. The fourth-order valence-corrected chi connectivity index (χ4v) is 10.00. The van der Waals surface area contributed by atoms with Gasteiger partial charge in [-0.2, -0.15) is 10.2 Å². The van der Waals surface area contributed by atoms with E-state index < -0.39 is 5.41 Å². The van der Waals surface area contributed by atoms with Gasteiger partial charge in [0.15, 0.2) is 11.2 Å². The molecule has 6 heterocycles. The highest BCUT2D eigenvalue weighted by atomic mass is 32.1. The van der Waals surface area contributed by atoms with E-state index in [2.05, 4.69) is 24.9 Å². The van der Waals surface area contributed by atoms with Crippen LogP contribution in [0.15, 0.2) is 9.32 Å². The third-order valence-corrected chi connectivity index (χ3v) is 12.1. The van der Waals surface area contributed by atoms with E-state index in [1.165, 1.54) is 16.2 Å². The fourth-order valence-electron chi connectivity index (χ4n) is 8.84. The molecule has 4 aromatic heterocycles. The number of imidazole rings is 1. The standard InChI is InChI=1S/C34H42N8O4S/c1-18(2)41-26-31(42(33(41)43)20-11-15-44-17-20)37-30(38-32(26)45-19(3)23-9-7-14-40(23)4)27-21-8-5-12-34(28(21)39-46-27)13-6-10-24-25(34)22(16-35)29(36)47-24/h18-20,23H,5-15,17,36H2,1-4H3/t19-,20+,23-,34-/m0/s1. The van der Waals surface area contributed by atoms with Crippen molar-refractivity contribution in [2.45, 2.75) is 108 Å². The number of thiophene rings is 1. The van der Waals surface area contributed by atoms with E-state index in [4.69, 9.17) is 34.9 Å². The summed E-state index contributed by atoms with van der Waals surface area (Å²) in [4.78, 5) is 27.8. The molecule has 2 aliphatic heterocycles. The Kier molecular flexibility index (Phi) is 7.46. The van der Waals surface area contributed by atoms with Crippen LogP contribution in [0.3, 0.4) is 0 Å². The molecular formula is C34H42N8O4S. The zero-order valence-electron chi connectivity index (χ0n) is 27.5. The molecule has 2 aliphatic carbocycles. The molecule has 8 rings (SSSR count). The number of rotatable bonds is 6. The monoisotopic (exact) mass is 658 g/mol. The lowest BCUT2D eigenvalue weighted by Crippen LogP contribution is -2.38. The predicted molar refractivity (Wildman–Crippen MR) is 178 cm³/mol. The second kappa shape index (κ2) is 11.5.